The van der Waals surface area contributed by atoms with Crippen molar-refractivity contribution < 1.29 is 80.2 Å². The van der Waals surface area contributed by atoms with Gasteiger partial charge >= 0.3 is 29.2 Å². The van der Waals surface area contributed by atoms with Crippen LogP contribution in [0.2, 0.25) is 0 Å². The average Bonchev–Trinajstić information content (AvgIpc) is 3.65. The molecule has 3 heterocycles. The van der Waals surface area contributed by atoms with Gasteiger partial charge in [-0.05, 0) is 48.7 Å². The maximum atomic E-state index is 13.4. The normalized spacial score (nSPS) is 17.5. The quantitative estimate of drug-likeness (QED) is 0.0188. The first-order valence-electron chi connectivity index (χ1n) is 21.4. The lowest BCUT2D eigenvalue weighted by molar-refractivity contribution is -0.255. The van der Waals surface area contributed by atoms with Gasteiger partial charge < -0.3 is 59.3 Å². The number of aliphatic hydroxyl groups excluding tert-OH is 1. The van der Waals surface area contributed by atoms with Crippen LogP contribution in [0, 0.1) is 11.8 Å². The first kappa shape index (κ1) is 54.2. The van der Waals surface area contributed by atoms with Crippen molar-refractivity contribution in [2.75, 3.05) is 52.8 Å². The van der Waals surface area contributed by atoms with Crippen LogP contribution >= 0.6 is 23.5 Å². The standard InChI is InChI=1S/C43H49N6O19P3/c1-47(2)27-12-15-30-34(20-27)65-35-21-28(48(3)4)13-16-31(35)39(30)32-19-25(11-14-29(32)42(54)55)40(52)45-17-7-5-6-10-37(51)44-18-8-9-26-23-49(43(56)46-41(26)53)38-22-33(50)36(66-38)24-64-70(60,61)68-71(62,63)67-69(57,58)59/h11-16,19-21,23,33,36,38,50H,5-7,10,17-18,22,24H2,1-4H3,(H7-,44,45,46,51,52,53,54,55,56,57,58,59,60,61,62,63)/t33-,36+,38+/m0/s1. The van der Waals surface area contributed by atoms with E-state index in [0.717, 1.165) is 21.8 Å². The number of hydrogen-bond acceptors (Lipinski definition) is 16. The van der Waals surface area contributed by atoms with Crippen molar-refractivity contribution in [3.8, 4) is 34.3 Å². The zero-order valence-electron chi connectivity index (χ0n) is 38.3. The van der Waals surface area contributed by atoms with Crippen LogP contribution in [0.15, 0.2) is 74.8 Å². The van der Waals surface area contributed by atoms with E-state index in [1.165, 1.54) is 18.2 Å². The minimum atomic E-state index is -5.80. The third-order valence-electron chi connectivity index (χ3n) is 10.8. The second kappa shape index (κ2) is 22.5. The van der Waals surface area contributed by atoms with Crippen LogP contribution < -0.4 is 41.8 Å². The molecule has 2 amide bonds. The van der Waals surface area contributed by atoms with Gasteiger partial charge in [0.2, 0.25) is 11.3 Å². The predicted octanol–water partition coefficient (Wildman–Crippen LogP) is 0.966. The molecule has 25 nitrogen and oxygen atoms in total. The van der Waals surface area contributed by atoms with Crippen molar-refractivity contribution in [1.82, 2.24) is 24.8 Å². The van der Waals surface area contributed by atoms with Crippen molar-refractivity contribution in [2.24, 2.45) is 0 Å². The highest BCUT2D eigenvalue weighted by Crippen LogP contribution is 2.66. The van der Waals surface area contributed by atoms with Crippen molar-refractivity contribution in [3.63, 3.8) is 0 Å². The summed E-state index contributed by atoms with van der Waals surface area (Å²) >= 11 is 0. The predicted molar refractivity (Wildman–Crippen MR) is 250 cm³/mol. The molecule has 1 saturated heterocycles. The number of aliphatic hydroxyl groups is 1. The Balaban J connectivity index is 1.000. The van der Waals surface area contributed by atoms with Gasteiger partial charge in [-0.15, -0.1) is 0 Å². The van der Waals surface area contributed by atoms with Crippen LogP contribution in [0.4, 0.5) is 5.69 Å². The van der Waals surface area contributed by atoms with E-state index in [0.29, 0.717) is 47.1 Å². The summed E-state index contributed by atoms with van der Waals surface area (Å²) in [6.45, 7) is -0.926. The highest BCUT2D eigenvalue weighted by Gasteiger charge is 2.43. The zero-order valence-corrected chi connectivity index (χ0v) is 41.0. The lowest BCUT2D eigenvalue weighted by Gasteiger charge is -2.20. The number of nitrogens with zero attached hydrogens (tertiary/aromatic N) is 3. The molecular formula is C43H49N6O19P3. The first-order valence-corrected chi connectivity index (χ1v) is 25.9. The Hall–Kier alpha value is -6.09. The number of phosphoric ester groups is 1. The summed E-state index contributed by atoms with van der Waals surface area (Å²) < 4.78 is 60.9. The molecule has 2 aromatic carbocycles. The Bertz CT molecular complexity index is 3240. The van der Waals surface area contributed by atoms with Gasteiger partial charge in [-0.2, -0.15) is 8.62 Å². The number of carbonyl (C=O) groups excluding carboxylic acids is 3. The number of unbranched alkanes of at least 4 members (excludes halogenated alkanes) is 2. The molecule has 71 heavy (non-hydrogen) atoms. The number of aromatic carboxylic acids is 1. The summed E-state index contributed by atoms with van der Waals surface area (Å²) in [6.07, 6.45) is -1.91. The number of carboxylic acids is 1. The van der Waals surface area contributed by atoms with Gasteiger partial charge in [-0.1, -0.05) is 24.3 Å². The van der Waals surface area contributed by atoms with Crippen molar-refractivity contribution in [1.29, 1.82) is 0 Å². The fourth-order valence-corrected chi connectivity index (χ4v) is 10.4. The zero-order chi connectivity index (χ0) is 52.0. The van der Waals surface area contributed by atoms with E-state index in [1.54, 1.807) is 0 Å². The number of nitrogens with one attached hydrogen (secondary N) is 3. The highest BCUT2D eigenvalue weighted by atomic mass is 31.3. The number of ether oxygens (including phenoxy) is 1. The largest absolute Gasteiger partial charge is 0.545 e. The number of fused-ring (bicyclic) bond motifs is 2. The molecule has 0 radical (unpaired) electrons. The molecule has 28 heteroatoms. The number of carboxylic acid groups (broad SMARTS) is 1. The fraction of sp³-hybridized carbons (Fsp3) is 0.349. The molecule has 3 aromatic rings. The molecule has 3 aliphatic rings. The number of aromatic amines is 1. The van der Waals surface area contributed by atoms with E-state index < -0.39 is 71.6 Å². The highest BCUT2D eigenvalue weighted by molar-refractivity contribution is 7.66. The van der Waals surface area contributed by atoms with Crippen LogP contribution in [-0.2, 0) is 36.4 Å². The number of rotatable bonds is 19. The van der Waals surface area contributed by atoms with Gasteiger partial charge in [0.1, 0.15) is 43.3 Å². The topological polar surface area (TPSA) is 362 Å². The average molecular weight is 1050 g/mol. The van der Waals surface area contributed by atoms with Crippen LogP contribution in [0.25, 0.3) is 33.4 Å². The number of carbonyl (C=O) groups is 3. The molecule has 5 atom stereocenters. The van der Waals surface area contributed by atoms with Crippen LogP contribution in [0.3, 0.4) is 0 Å². The molecular weight excluding hydrogens is 997 g/mol. The van der Waals surface area contributed by atoms with Crippen molar-refractivity contribution in [2.45, 2.75) is 50.5 Å². The smallest absolute Gasteiger partial charge is 0.490 e. The molecule has 0 spiro atoms. The number of hydrogen-bond donors (Lipinski definition) is 8. The molecule has 1 aliphatic carbocycles. The SMILES string of the molecule is CN(C)c1ccc2c(-c3cc(C(=O)NCCCCCC(=O)NCC#Cc4cn([C@H]5C[C@H](O)[C@@H](COP(=O)(O)OP(=O)(O)OP(=O)(O)O)O5)c(=O)[nH]c4=O)ccc3C(=O)[O-])c3ccc(=[N+](C)C)cc-3oc2c1. The van der Waals surface area contributed by atoms with E-state index in [1.807, 2.05) is 79.0 Å². The number of H-pyrrole nitrogens is 1. The Morgan fingerprint density at radius 3 is 2.38 bits per heavy atom. The number of aromatic nitrogens is 2. The van der Waals surface area contributed by atoms with E-state index in [2.05, 4.69) is 35.6 Å². The number of phosphoric acid groups is 3. The maximum Gasteiger partial charge on any atom is 0.490 e. The van der Waals surface area contributed by atoms with Gasteiger partial charge in [0.25, 0.3) is 11.5 Å². The summed E-state index contributed by atoms with van der Waals surface area (Å²) in [4.78, 5) is 104. The van der Waals surface area contributed by atoms with E-state index in [-0.39, 0.29) is 54.1 Å². The van der Waals surface area contributed by atoms with Crippen LogP contribution in [0.1, 0.15) is 64.6 Å². The molecule has 6 rings (SSSR count). The molecule has 2 aliphatic heterocycles. The molecule has 8 N–H and O–H groups in total. The number of benzene rings is 3. The second-order valence-electron chi connectivity index (χ2n) is 16.3. The van der Waals surface area contributed by atoms with Crippen LogP contribution in [-0.4, -0.2) is 112 Å². The third kappa shape index (κ3) is 14.3. The summed E-state index contributed by atoms with van der Waals surface area (Å²) in [5.41, 5.74) is 0.848. The molecule has 1 aromatic heterocycles. The number of amides is 2. The Morgan fingerprint density at radius 2 is 1.69 bits per heavy atom. The van der Waals surface area contributed by atoms with Gasteiger partial charge in [-0.25, -0.2) is 23.1 Å². The lowest BCUT2D eigenvalue weighted by Crippen LogP contribution is -2.33. The summed E-state index contributed by atoms with van der Waals surface area (Å²) in [5.74, 6) is 3.42. The fourth-order valence-electron chi connectivity index (χ4n) is 7.34. The summed E-state index contributed by atoms with van der Waals surface area (Å²) in [7, 11) is -9.40. The maximum absolute atomic E-state index is 13.4. The van der Waals surface area contributed by atoms with Gasteiger partial charge in [-0.3, -0.25) is 28.5 Å². The third-order valence-corrected chi connectivity index (χ3v) is 14.6. The Labute approximate surface area is 403 Å². The van der Waals surface area contributed by atoms with E-state index >= 15 is 0 Å². The second-order valence-corrected chi connectivity index (χ2v) is 20.8. The summed E-state index contributed by atoms with van der Waals surface area (Å²) in [5, 5.41) is 29.9. The van der Waals surface area contributed by atoms with E-state index in [4.69, 9.17) is 18.9 Å². The van der Waals surface area contributed by atoms with Gasteiger partial charge in [0.15, 0.2) is 0 Å². The Morgan fingerprint density at radius 1 is 0.944 bits per heavy atom. The van der Waals surface area contributed by atoms with E-state index in [9.17, 15) is 57.7 Å². The van der Waals surface area contributed by atoms with Gasteiger partial charge in [0, 0.05) is 85.1 Å². The lowest BCUT2D eigenvalue weighted by atomic mass is 9.89. The molecule has 1 fully saturated rings. The molecule has 0 saturated carbocycles. The summed E-state index contributed by atoms with van der Waals surface area (Å²) in [6, 6.07) is 15.5. The molecule has 380 valence electrons. The number of anilines is 1. The monoisotopic (exact) mass is 1050 g/mol. The van der Waals surface area contributed by atoms with Crippen LogP contribution in [0.5, 0.6) is 0 Å². The molecule has 2 unspecified atom stereocenters. The first-order chi connectivity index (χ1) is 33.3. The van der Waals surface area contributed by atoms with Gasteiger partial charge in [0.05, 0.1) is 31.3 Å². The molecule has 0 bridgehead atoms. The minimum Gasteiger partial charge on any atom is -0.545 e. The van der Waals surface area contributed by atoms with Crippen molar-refractivity contribution >= 4 is 57.9 Å². The van der Waals surface area contributed by atoms with Crippen molar-refractivity contribution in [3.05, 3.63) is 104 Å². The minimum absolute atomic E-state index is 0.108. The Kier molecular flexibility index (Phi) is 17.2.